The predicted octanol–water partition coefficient (Wildman–Crippen LogP) is 0.975. The second kappa shape index (κ2) is 1.77. The zero-order chi connectivity index (χ0) is 7.99. The Morgan fingerprint density at radius 2 is 2.10 bits per heavy atom. The predicted molar refractivity (Wildman–Crippen MR) is 25.7 cm³/mol. The molecule has 1 unspecified atom stereocenters. The molecule has 1 aliphatic rings. The van der Waals surface area contributed by atoms with Crippen molar-refractivity contribution in [2.24, 2.45) is 0 Å². The molecule has 0 N–H and O–H groups in total. The molecule has 7 heteroatoms. The largest absolute Gasteiger partial charge is 0.464 e. The molecule has 1 heterocycles. The fourth-order valence-corrected chi connectivity index (χ4v) is 1.40. The summed E-state index contributed by atoms with van der Waals surface area (Å²) in [6.07, 6.45) is -4.04. The molecule has 0 saturated carbocycles. The Morgan fingerprint density at radius 3 is 2.20 bits per heavy atom. The number of halogens is 2. The maximum Gasteiger partial charge on any atom is 0.464 e. The maximum atomic E-state index is 12.0. The fourth-order valence-electron chi connectivity index (χ4n) is 0.468. The van der Waals surface area contributed by atoms with E-state index in [1.807, 2.05) is 0 Å². The summed E-state index contributed by atoms with van der Waals surface area (Å²) in [7, 11) is -3.82. The number of hydrogen-bond donors (Lipinski definition) is 0. The molecule has 10 heavy (non-hydrogen) atoms. The Balaban J connectivity index is 2.92. The number of carbonyl (C=O) groups is 1. The standard InChI is InChI=1S/C3H3F2O4P/c1-10(7)8-2(6)3(4,5)9-10/h1H3. The molecule has 4 nitrogen and oxygen atoms in total. The van der Waals surface area contributed by atoms with Crippen LogP contribution in [0.1, 0.15) is 0 Å². The summed E-state index contributed by atoms with van der Waals surface area (Å²) in [5.74, 6) is -1.89. The van der Waals surface area contributed by atoms with Gasteiger partial charge in [-0.25, -0.2) is 13.9 Å². The van der Waals surface area contributed by atoms with Gasteiger partial charge in [-0.15, -0.1) is 0 Å². The molecular formula is C3H3F2O4P. The van der Waals surface area contributed by atoms with E-state index >= 15 is 0 Å². The lowest BCUT2D eigenvalue weighted by molar-refractivity contribution is -0.189. The first-order chi connectivity index (χ1) is 4.33. The molecule has 0 aromatic heterocycles. The number of carbonyl (C=O) groups excluding carboxylic acids is 1. The van der Waals surface area contributed by atoms with Crippen molar-refractivity contribution in [1.82, 2.24) is 0 Å². The summed E-state index contributed by atoms with van der Waals surface area (Å²) in [6.45, 7) is 0.797. The van der Waals surface area contributed by atoms with Crippen LogP contribution in [0.25, 0.3) is 0 Å². The first kappa shape index (κ1) is 7.63. The lowest BCUT2D eigenvalue weighted by atomic mass is 10.7. The van der Waals surface area contributed by atoms with E-state index in [0.717, 1.165) is 6.66 Å². The highest BCUT2D eigenvalue weighted by atomic mass is 31.2. The molecule has 1 aliphatic heterocycles. The normalized spacial score (nSPS) is 37.7. The lowest BCUT2D eigenvalue weighted by Gasteiger charge is -1.99. The summed E-state index contributed by atoms with van der Waals surface area (Å²) >= 11 is 0. The van der Waals surface area contributed by atoms with E-state index in [4.69, 9.17) is 0 Å². The van der Waals surface area contributed by atoms with Crippen molar-refractivity contribution in [2.75, 3.05) is 6.66 Å². The first-order valence-corrected chi connectivity index (χ1v) is 4.23. The Morgan fingerprint density at radius 1 is 1.60 bits per heavy atom. The number of alkyl halides is 2. The van der Waals surface area contributed by atoms with Gasteiger partial charge in [0.25, 0.3) is 0 Å². The monoisotopic (exact) mass is 172 g/mol. The highest BCUT2D eigenvalue weighted by molar-refractivity contribution is 7.54. The molecule has 0 bridgehead atoms. The van der Waals surface area contributed by atoms with Gasteiger partial charge in [-0.2, -0.15) is 8.78 Å². The second-order valence-corrected chi connectivity index (χ2v) is 3.67. The van der Waals surface area contributed by atoms with Gasteiger partial charge in [-0.05, 0) is 0 Å². The third-order valence-corrected chi connectivity index (χ3v) is 1.83. The minimum Gasteiger partial charge on any atom is -0.385 e. The van der Waals surface area contributed by atoms with Crippen LogP contribution in [0.5, 0.6) is 0 Å². The molecule has 0 aromatic rings. The smallest absolute Gasteiger partial charge is 0.385 e. The van der Waals surface area contributed by atoms with Gasteiger partial charge in [0.2, 0.25) is 0 Å². The van der Waals surface area contributed by atoms with Gasteiger partial charge in [0.15, 0.2) is 0 Å². The van der Waals surface area contributed by atoms with Crippen LogP contribution >= 0.6 is 7.60 Å². The topological polar surface area (TPSA) is 52.6 Å². The van der Waals surface area contributed by atoms with Crippen molar-refractivity contribution < 1.29 is 27.2 Å². The van der Waals surface area contributed by atoms with Crippen LogP contribution in [0.3, 0.4) is 0 Å². The molecule has 0 aromatic carbocycles. The van der Waals surface area contributed by atoms with Crippen LogP contribution in [0.4, 0.5) is 8.78 Å². The quantitative estimate of drug-likeness (QED) is 0.511. The molecule has 58 valence electrons. The first-order valence-electron chi connectivity index (χ1n) is 2.24. The molecule has 1 rings (SSSR count). The lowest BCUT2D eigenvalue weighted by Crippen LogP contribution is -2.23. The Bertz CT molecular complexity index is 225. The molecule has 1 fully saturated rings. The maximum absolute atomic E-state index is 12.0. The Labute approximate surface area is 54.6 Å². The fraction of sp³-hybridized carbons (Fsp3) is 0.667. The van der Waals surface area contributed by atoms with E-state index in [1.165, 1.54) is 0 Å². The van der Waals surface area contributed by atoms with E-state index < -0.39 is 19.7 Å². The van der Waals surface area contributed by atoms with Gasteiger partial charge in [0.05, 0.1) is 6.66 Å². The third-order valence-electron chi connectivity index (χ3n) is 0.767. The van der Waals surface area contributed by atoms with Crippen molar-refractivity contribution >= 4 is 13.6 Å². The van der Waals surface area contributed by atoms with Crippen LogP contribution in [0.15, 0.2) is 0 Å². The molecule has 0 amide bonds. The zero-order valence-electron chi connectivity index (χ0n) is 4.84. The summed E-state index contributed by atoms with van der Waals surface area (Å²) < 4.78 is 41.6. The van der Waals surface area contributed by atoms with E-state index in [1.54, 1.807) is 0 Å². The molecular weight excluding hydrogens is 169 g/mol. The van der Waals surface area contributed by atoms with Crippen LogP contribution in [-0.4, -0.2) is 18.7 Å². The van der Waals surface area contributed by atoms with Crippen molar-refractivity contribution in [3.63, 3.8) is 0 Å². The SMILES string of the molecule is CP1(=O)OC(=O)C(F)(F)O1. The van der Waals surface area contributed by atoms with Crippen LogP contribution < -0.4 is 0 Å². The highest BCUT2D eigenvalue weighted by Gasteiger charge is 2.56. The molecule has 0 spiro atoms. The van der Waals surface area contributed by atoms with Crippen molar-refractivity contribution in [3.8, 4) is 0 Å². The summed E-state index contributed by atoms with van der Waals surface area (Å²) in [4.78, 5) is 10.0. The van der Waals surface area contributed by atoms with E-state index in [-0.39, 0.29) is 0 Å². The molecule has 0 radical (unpaired) electrons. The van der Waals surface area contributed by atoms with Gasteiger partial charge in [0.1, 0.15) is 0 Å². The van der Waals surface area contributed by atoms with Crippen molar-refractivity contribution in [1.29, 1.82) is 0 Å². The third kappa shape index (κ3) is 1.17. The van der Waals surface area contributed by atoms with Gasteiger partial charge in [-0.1, -0.05) is 0 Å². The van der Waals surface area contributed by atoms with E-state index in [0.29, 0.717) is 0 Å². The minimum absolute atomic E-state index is 0.797. The van der Waals surface area contributed by atoms with Gasteiger partial charge in [0, 0.05) is 0 Å². The van der Waals surface area contributed by atoms with Crippen molar-refractivity contribution in [2.45, 2.75) is 6.11 Å². The summed E-state index contributed by atoms with van der Waals surface area (Å²) in [6, 6.07) is 0. The van der Waals surface area contributed by atoms with Crippen LogP contribution in [-0.2, 0) is 18.4 Å². The number of rotatable bonds is 0. The van der Waals surface area contributed by atoms with E-state index in [9.17, 15) is 18.1 Å². The number of hydrogen-bond acceptors (Lipinski definition) is 4. The molecule has 0 aliphatic carbocycles. The van der Waals surface area contributed by atoms with Gasteiger partial charge in [-0.3, -0.25) is 0 Å². The zero-order valence-corrected chi connectivity index (χ0v) is 5.73. The van der Waals surface area contributed by atoms with Crippen LogP contribution in [0, 0.1) is 0 Å². The highest BCUT2D eigenvalue weighted by Crippen LogP contribution is 2.55. The van der Waals surface area contributed by atoms with Crippen LogP contribution in [0.2, 0.25) is 0 Å². The summed E-state index contributed by atoms with van der Waals surface area (Å²) in [5.41, 5.74) is 0. The average molecular weight is 172 g/mol. The molecule has 1 atom stereocenters. The van der Waals surface area contributed by atoms with Gasteiger partial charge < -0.3 is 4.52 Å². The van der Waals surface area contributed by atoms with E-state index in [2.05, 4.69) is 9.05 Å². The Hall–Kier alpha value is -0.480. The summed E-state index contributed by atoms with van der Waals surface area (Å²) in [5, 5.41) is 0. The average Bonchev–Trinajstić information content (AvgIpc) is 1.73. The Kier molecular flexibility index (Phi) is 1.35. The minimum atomic E-state index is -4.04. The van der Waals surface area contributed by atoms with Crippen molar-refractivity contribution in [3.05, 3.63) is 0 Å². The van der Waals surface area contributed by atoms with Gasteiger partial charge >= 0.3 is 19.7 Å². The second-order valence-electron chi connectivity index (χ2n) is 1.76. The molecule has 1 saturated heterocycles.